The first-order valence-electron chi connectivity index (χ1n) is 7.30. The molecule has 1 N–H and O–H groups in total. The van der Waals surface area contributed by atoms with Gasteiger partial charge in [0.05, 0.1) is 16.7 Å². The fourth-order valence-corrected chi connectivity index (χ4v) is 2.60. The van der Waals surface area contributed by atoms with Crippen molar-refractivity contribution >= 4 is 29.1 Å². The fourth-order valence-electron chi connectivity index (χ4n) is 2.30. The van der Waals surface area contributed by atoms with Crippen molar-refractivity contribution in [1.82, 2.24) is 5.32 Å². The summed E-state index contributed by atoms with van der Waals surface area (Å²) in [7, 11) is 1.62. The predicted octanol–water partition coefficient (Wildman–Crippen LogP) is 4.95. The van der Waals surface area contributed by atoms with Gasteiger partial charge in [-0.1, -0.05) is 35.3 Å². The highest BCUT2D eigenvalue weighted by atomic mass is 35.5. The zero-order chi connectivity index (χ0) is 17.0. The van der Waals surface area contributed by atoms with E-state index >= 15 is 0 Å². The molecule has 1 amide bonds. The summed E-state index contributed by atoms with van der Waals surface area (Å²) < 4.78 is 5.27. The van der Waals surface area contributed by atoms with E-state index in [0.717, 1.165) is 16.7 Å². The first-order chi connectivity index (χ1) is 10.9. The van der Waals surface area contributed by atoms with Gasteiger partial charge in [0.25, 0.3) is 5.91 Å². The van der Waals surface area contributed by atoms with Crippen molar-refractivity contribution in [2.75, 3.05) is 7.11 Å². The largest absolute Gasteiger partial charge is 0.380 e. The zero-order valence-corrected chi connectivity index (χ0v) is 14.8. The quantitative estimate of drug-likeness (QED) is 0.827. The van der Waals surface area contributed by atoms with Crippen LogP contribution < -0.4 is 5.32 Å². The van der Waals surface area contributed by atoms with Crippen LogP contribution in [0.2, 0.25) is 10.0 Å². The summed E-state index contributed by atoms with van der Waals surface area (Å²) in [6.45, 7) is 4.26. The van der Waals surface area contributed by atoms with Crippen molar-refractivity contribution in [3.8, 4) is 11.1 Å². The standard InChI is InChI=1S/C18H19Cl2NO2/c1-11(2)21-18(22)13-4-6-15(14(8-13)10-23-3)12-5-7-16(19)17(20)9-12/h4-9,11H,10H2,1-3H3,(H,21,22). The van der Waals surface area contributed by atoms with Gasteiger partial charge in [0.2, 0.25) is 0 Å². The summed E-state index contributed by atoms with van der Waals surface area (Å²) in [5, 5.41) is 3.89. The molecule has 0 spiro atoms. The molecule has 5 heteroatoms. The number of rotatable bonds is 5. The van der Waals surface area contributed by atoms with Crippen LogP contribution in [0.1, 0.15) is 29.8 Å². The average molecular weight is 352 g/mol. The van der Waals surface area contributed by atoms with E-state index in [0.29, 0.717) is 22.2 Å². The molecule has 23 heavy (non-hydrogen) atoms. The number of hydrogen-bond donors (Lipinski definition) is 1. The van der Waals surface area contributed by atoms with Crippen molar-refractivity contribution in [3.63, 3.8) is 0 Å². The molecular formula is C18H19Cl2NO2. The second-order valence-corrected chi connectivity index (χ2v) is 6.38. The van der Waals surface area contributed by atoms with Crippen molar-refractivity contribution in [1.29, 1.82) is 0 Å². The lowest BCUT2D eigenvalue weighted by Gasteiger charge is -2.13. The topological polar surface area (TPSA) is 38.3 Å². The summed E-state index contributed by atoms with van der Waals surface area (Å²) in [4.78, 5) is 12.2. The fraction of sp³-hybridized carbons (Fsp3) is 0.278. The van der Waals surface area contributed by atoms with E-state index in [1.807, 2.05) is 38.1 Å². The number of amides is 1. The number of carbonyl (C=O) groups is 1. The number of halogens is 2. The lowest BCUT2D eigenvalue weighted by atomic mass is 9.97. The summed E-state index contributed by atoms with van der Waals surface area (Å²) in [5.74, 6) is -0.0990. The molecule has 0 bridgehead atoms. The van der Waals surface area contributed by atoms with Gasteiger partial charge in [0.15, 0.2) is 0 Å². The van der Waals surface area contributed by atoms with Gasteiger partial charge >= 0.3 is 0 Å². The van der Waals surface area contributed by atoms with Gasteiger partial charge in [-0.25, -0.2) is 0 Å². The summed E-state index contributed by atoms with van der Waals surface area (Å²) >= 11 is 12.1. The minimum Gasteiger partial charge on any atom is -0.380 e. The first-order valence-corrected chi connectivity index (χ1v) is 8.06. The van der Waals surface area contributed by atoms with Gasteiger partial charge in [-0.15, -0.1) is 0 Å². The van der Waals surface area contributed by atoms with Crippen LogP contribution in [0.5, 0.6) is 0 Å². The second kappa shape index (κ2) is 7.82. The van der Waals surface area contributed by atoms with Gasteiger partial charge in [-0.05, 0) is 54.8 Å². The van der Waals surface area contributed by atoms with Crippen molar-refractivity contribution in [2.24, 2.45) is 0 Å². The molecule has 2 aromatic rings. The Morgan fingerprint density at radius 3 is 2.48 bits per heavy atom. The van der Waals surface area contributed by atoms with E-state index < -0.39 is 0 Å². The highest BCUT2D eigenvalue weighted by molar-refractivity contribution is 6.42. The van der Waals surface area contributed by atoms with Crippen LogP contribution in [-0.2, 0) is 11.3 Å². The lowest BCUT2D eigenvalue weighted by molar-refractivity contribution is 0.0943. The molecule has 0 heterocycles. The smallest absolute Gasteiger partial charge is 0.251 e. The molecule has 0 aliphatic carbocycles. The van der Waals surface area contributed by atoms with Crippen LogP contribution in [0.25, 0.3) is 11.1 Å². The molecule has 0 saturated heterocycles. The third-order valence-electron chi connectivity index (χ3n) is 3.32. The Labute approximate surface area is 146 Å². The normalized spacial score (nSPS) is 10.9. The van der Waals surface area contributed by atoms with Crippen molar-refractivity contribution < 1.29 is 9.53 Å². The summed E-state index contributed by atoms with van der Waals surface area (Å²) in [6, 6.07) is 11.1. The number of carbonyl (C=O) groups excluding carboxylic acids is 1. The Morgan fingerprint density at radius 1 is 1.13 bits per heavy atom. The molecule has 0 atom stereocenters. The molecule has 0 fully saturated rings. The second-order valence-electron chi connectivity index (χ2n) is 5.56. The van der Waals surface area contributed by atoms with Crippen molar-refractivity contribution in [2.45, 2.75) is 26.5 Å². The van der Waals surface area contributed by atoms with Crippen molar-refractivity contribution in [3.05, 3.63) is 57.6 Å². The summed E-state index contributed by atoms with van der Waals surface area (Å²) in [6.07, 6.45) is 0. The predicted molar refractivity (Wildman–Crippen MR) is 95.2 cm³/mol. The summed E-state index contributed by atoms with van der Waals surface area (Å²) in [5.41, 5.74) is 3.42. The van der Waals surface area contributed by atoms with Gasteiger partial charge in [0, 0.05) is 18.7 Å². The van der Waals surface area contributed by atoms with Gasteiger partial charge in [0.1, 0.15) is 0 Å². The molecule has 122 valence electrons. The molecule has 0 aliphatic rings. The van der Waals surface area contributed by atoms with Crippen LogP contribution in [0, 0.1) is 0 Å². The van der Waals surface area contributed by atoms with E-state index in [2.05, 4.69) is 5.32 Å². The monoisotopic (exact) mass is 351 g/mol. The minimum absolute atomic E-state index is 0.0862. The molecule has 2 aromatic carbocycles. The maximum absolute atomic E-state index is 12.2. The maximum atomic E-state index is 12.2. The Kier molecular flexibility index (Phi) is 6.05. The average Bonchev–Trinajstić information content (AvgIpc) is 2.50. The molecular weight excluding hydrogens is 333 g/mol. The maximum Gasteiger partial charge on any atom is 0.251 e. The van der Waals surface area contributed by atoms with Gasteiger partial charge in [-0.2, -0.15) is 0 Å². The molecule has 3 nitrogen and oxygen atoms in total. The highest BCUT2D eigenvalue weighted by Crippen LogP contribution is 2.31. The number of methoxy groups -OCH3 is 1. The third kappa shape index (κ3) is 4.47. The molecule has 2 rings (SSSR count). The lowest BCUT2D eigenvalue weighted by Crippen LogP contribution is -2.30. The van der Waals surface area contributed by atoms with Crippen LogP contribution in [0.4, 0.5) is 0 Å². The van der Waals surface area contributed by atoms with Crippen LogP contribution in [0.15, 0.2) is 36.4 Å². The SMILES string of the molecule is COCc1cc(C(=O)NC(C)C)ccc1-c1ccc(Cl)c(Cl)c1. The highest BCUT2D eigenvalue weighted by Gasteiger charge is 2.12. The van der Waals surface area contributed by atoms with E-state index in [1.54, 1.807) is 19.2 Å². The zero-order valence-electron chi connectivity index (χ0n) is 13.3. The number of ether oxygens (including phenoxy) is 1. The van der Waals surface area contributed by atoms with E-state index in [9.17, 15) is 4.79 Å². The first kappa shape index (κ1) is 17.8. The minimum atomic E-state index is -0.0990. The van der Waals surface area contributed by atoms with E-state index in [4.69, 9.17) is 27.9 Å². The number of benzene rings is 2. The Bertz CT molecular complexity index is 714. The van der Waals surface area contributed by atoms with Gasteiger partial charge in [-0.3, -0.25) is 4.79 Å². The third-order valence-corrected chi connectivity index (χ3v) is 4.06. The van der Waals surface area contributed by atoms with Crippen LogP contribution in [0.3, 0.4) is 0 Å². The van der Waals surface area contributed by atoms with E-state index in [1.165, 1.54) is 0 Å². The molecule has 0 radical (unpaired) electrons. The Balaban J connectivity index is 2.43. The molecule has 0 aromatic heterocycles. The van der Waals surface area contributed by atoms with Crippen LogP contribution >= 0.6 is 23.2 Å². The molecule has 0 unspecified atom stereocenters. The van der Waals surface area contributed by atoms with Gasteiger partial charge < -0.3 is 10.1 Å². The number of nitrogens with one attached hydrogen (secondary N) is 1. The molecule has 0 aliphatic heterocycles. The van der Waals surface area contributed by atoms with E-state index in [-0.39, 0.29) is 11.9 Å². The van der Waals surface area contributed by atoms with Crippen LogP contribution in [-0.4, -0.2) is 19.1 Å². The molecule has 0 saturated carbocycles. The Hall–Kier alpha value is -1.55. The number of hydrogen-bond acceptors (Lipinski definition) is 2. The Morgan fingerprint density at radius 2 is 1.87 bits per heavy atom.